The highest BCUT2D eigenvalue weighted by Gasteiger charge is 2.36. The van der Waals surface area contributed by atoms with E-state index in [1.165, 1.54) is 19.1 Å². The maximum absolute atomic E-state index is 12.6. The van der Waals surface area contributed by atoms with Crippen molar-refractivity contribution < 1.29 is 19.1 Å². The third-order valence-corrected chi connectivity index (χ3v) is 4.66. The fraction of sp³-hybridized carbons (Fsp3) is 0.263. The zero-order chi connectivity index (χ0) is 19.6. The van der Waals surface area contributed by atoms with Crippen molar-refractivity contribution in [2.24, 2.45) is 5.92 Å². The van der Waals surface area contributed by atoms with Gasteiger partial charge in [0, 0.05) is 23.7 Å². The van der Waals surface area contributed by atoms with Crippen molar-refractivity contribution in [3.63, 3.8) is 0 Å². The molecule has 3 rings (SSSR count). The number of amides is 2. The van der Waals surface area contributed by atoms with Gasteiger partial charge < -0.3 is 25.4 Å². The number of nitrogens with zero attached hydrogens (tertiary/aromatic N) is 1. The van der Waals surface area contributed by atoms with Crippen LogP contribution in [0.3, 0.4) is 0 Å². The minimum atomic E-state index is -0.496. The standard InChI is InChI=1S/C19H20ClN3O4.ClH/c1-26-16-6-4-13(9-14(16)21)22-19(25)11-7-18(24)23(10-11)15-8-12(20)3-5-17(15)27-2;/h3-6,8-9,11H,7,10,21H2,1-2H3,(H,22,25);1H. The molecule has 0 radical (unpaired) electrons. The Morgan fingerprint density at radius 3 is 2.50 bits per heavy atom. The summed E-state index contributed by atoms with van der Waals surface area (Å²) in [6, 6.07) is 10.0. The van der Waals surface area contributed by atoms with Crippen LogP contribution in [0.15, 0.2) is 36.4 Å². The van der Waals surface area contributed by atoms with E-state index < -0.39 is 5.92 Å². The van der Waals surface area contributed by atoms with E-state index in [1.807, 2.05) is 0 Å². The maximum Gasteiger partial charge on any atom is 0.229 e. The van der Waals surface area contributed by atoms with Gasteiger partial charge in [0.1, 0.15) is 11.5 Å². The first-order valence-corrected chi connectivity index (χ1v) is 8.69. The molecule has 0 saturated carbocycles. The van der Waals surface area contributed by atoms with E-state index in [9.17, 15) is 9.59 Å². The fourth-order valence-electron chi connectivity index (χ4n) is 3.05. The Labute approximate surface area is 174 Å². The summed E-state index contributed by atoms with van der Waals surface area (Å²) in [5, 5.41) is 3.28. The van der Waals surface area contributed by atoms with Crippen LogP contribution in [0.1, 0.15) is 6.42 Å². The van der Waals surface area contributed by atoms with Gasteiger partial charge in [0.15, 0.2) is 0 Å². The molecule has 2 amide bonds. The highest BCUT2D eigenvalue weighted by molar-refractivity contribution is 6.31. The van der Waals surface area contributed by atoms with Crippen LogP contribution < -0.4 is 25.4 Å². The number of benzene rings is 2. The van der Waals surface area contributed by atoms with E-state index in [1.54, 1.807) is 36.4 Å². The lowest BCUT2D eigenvalue weighted by atomic mass is 10.1. The zero-order valence-electron chi connectivity index (χ0n) is 15.4. The predicted octanol–water partition coefficient (Wildman–Crippen LogP) is 3.35. The van der Waals surface area contributed by atoms with Crippen LogP contribution in [-0.2, 0) is 9.59 Å². The van der Waals surface area contributed by atoms with Crippen molar-refractivity contribution >= 4 is 52.9 Å². The third-order valence-electron chi connectivity index (χ3n) is 4.42. The summed E-state index contributed by atoms with van der Waals surface area (Å²) >= 11 is 6.05. The van der Waals surface area contributed by atoms with Crippen LogP contribution in [-0.4, -0.2) is 32.6 Å². The second kappa shape index (κ2) is 9.03. The molecule has 0 spiro atoms. The number of anilines is 3. The highest BCUT2D eigenvalue weighted by atomic mass is 35.5. The molecular formula is C19H21Cl2N3O4. The number of nitrogen functional groups attached to an aromatic ring is 1. The number of hydrogen-bond donors (Lipinski definition) is 2. The summed E-state index contributed by atoms with van der Waals surface area (Å²) in [7, 11) is 3.04. The van der Waals surface area contributed by atoms with E-state index in [4.69, 9.17) is 26.8 Å². The average molecular weight is 426 g/mol. The van der Waals surface area contributed by atoms with Crippen molar-refractivity contribution in [1.82, 2.24) is 0 Å². The SMILES string of the molecule is COc1ccc(NC(=O)C2CC(=O)N(c3cc(Cl)ccc3OC)C2)cc1N.Cl. The number of nitrogens with two attached hydrogens (primary N) is 1. The molecule has 1 aliphatic rings. The lowest BCUT2D eigenvalue weighted by Crippen LogP contribution is -2.28. The van der Waals surface area contributed by atoms with E-state index in [-0.39, 0.29) is 37.2 Å². The number of nitrogens with one attached hydrogen (secondary N) is 1. The molecule has 0 aromatic heterocycles. The van der Waals surface area contributed by atoms with Gasteiger partial charge in [0.25, 0.3) is 0 Å². The minimum Gasteiger partial charge on any atom is -0.495 e. The van der Waals surface area contributed by atoms with Gasteiger partial charge in [-0.15, -0.1) is 12.4 Å². The summed E-state index contributed by atoms with van der Waals surface area (Å²) < 4.78 is 10.4. The normalized spacial score (nSPS) is 15.8. The van der Waals surface area contributed by atoms with Gasteiger partial charge in [-0.2, -0.15) is 0 Å². The van der Waals surface area contributed by atoms with E-state index in [2.05, 4.69) is 5.32 Å². The molecule has 9 heteroatoms. The zero-order valence-corrected chi connectivity index (χ0v) is 17.0. The van der Waals surface area contributed by atoms with E-state index >= 15 is 0 Å². The minimum absolute atomic E-state index is 0. The Kier molecular flexibility index (Phi) is 6.99. The molecule has 1 saturated heterocycles. The van der Waals surface area contributed by atoms with E-state index in [0.717, 1.165) is 0 Å². The number of rotatable bonds is 5. The summed E-state index contributed by atoms with van der Waals surface area (Å²) in [6.45, 7) is 0.243. The Balaban J connectivity index is 0.00000280. The fourth-order valence-corrected chi connectivity index (χ4v) is 3.21. The second-order valence-corrected chi connectivity index (χ2v) is 6.60. The number of carbonyl (C=O) groups is 2. The van der Waals surface area contributed by atoms with Gasteiger partial charge in [-0.05, 0) is 36.4 Å². The molecule has 7 nitrogen and oxygen atoms in total. The van der Waals surface area contributed by atoms with Crippen LogP contribution in [0.2, 0.25) is 5.02 Å². The largest absolute Gasteiger partial charge is 0.495 e. The number of methoxy groups -OCH3 is 2. The Morgan fingerprint density at radius 1 is 1.18 bits per heavy atom. The molecule has 1 unspecified atom stereocenters. The van der Waals surface area contributed by atoms with Gasteiger partial charge in [0.05, 0.1) is 31.5 Å². The quantitative estimate of drug-likeness (QED) is 0.716. The molecule has 1 fully saturated rings. The summed E-state index contributed by atoms with van der Waals surface area (Å²) in [6.07, 6.45) is 0.104. The molecule has 28 heavy (non-hydrogen) atoms. The van der Waals surface area contributed by atoms with Crippen LogP contribution in [0, 0.1) is 5.92 Å². The molecular weight excluding hydrogens is 405 g/mol. The monoisotopic (exact) mass is 425 g/mol. The van der Waals surface area contributed by atoms with Crippen molar-refractivity contribution in [2.75, 3.05) is 36.7 Å². The van der Waals surface area contributed by atoms with Gasteiger partial charge in [-0.1, -0.05) is 11.6 Å². The summed E-state index contributed by atoms with van der Waals surface area (Å²) in [4.78, 5) is 26.6. The van der Waals surface area contributed by atoms with Crippen LogP contribution >= 0.6 is 24.0 Å². The first-order valence-electron chi connectivity index (χ1n) is 8.31. The summed E-state index contributed by atoms with van der Waals surface area (Å²) in [5.41, 5.74) is 7.38. The van der Waals surface area contributed by atoms with Crippen molar-refractivity contribution in [1.29, 1.82) is 0 Å². The van der Waals surface area contributed by atoms with Gasteiger partial charge >= 0.3 is 0 Å². The number of ether oxygens (including phenoxy) is 2. The van der Waals surface area contributed by atoms with Crippen LogP contribution in [0.5, 0.6) is 11.5 Å². The molecule has 1 aliphatic heterocycles. The van der Waals surface area contributed by atoms with Gasteiger partial charge in [-0.3, -0.25) is 9.59 Å². The predicted molar refractivity (Wildman–Crippen MR) is 112 cm³/mol. The Bertz CT molecular complexity index is 891. The lowest BCUT2D eigenvalue weighted by Gasteiger charge is -2.20. The topological polar surface area (TPSA) is 93.9 Å². The second-order valence-electron chi connectivity index (χ2n) is 6.17. The van der Waals surface area contributed by atoms with Gasteiger partial charge in [0.2, 0.25) is 11.8 Å². The molecule has 2 aromatic carbocycles. The van der Waals surface area contributed by atoms with Crippen molar-refractivity contribution in [3.8, 4) is 11.5 Å². The average Bonchev–Trinajstić information content (AvgIpc) is 3.03. The first-order chi connectivity index (χ1) is 12.9. The molecule has 2 aromatic rings. The molecule has 0 aliphatic carbocycles. The van der Waals surface area contributed by atoms with Crippen molar-refractivity contribution in [2.45, 2.75) is 6.42 Å². The Morgan fingerprint density at radius 2 is 1.86 bits per heavy atom. The first kappa shape index (κ1) is 21.7. The van der Waals surface area contributed by atoms with E-state index in [0.29, 0.717) is 33.6 Å². The summed E-state index contributed by atoms with van der Waals surface area (Å²) in [5.74, 6) is 0.144. The molecule has 0 bridgehead atoms. The van der Waals surface area contributed by atoms with Gasteiger partial charge in [-0.25, -0.2) is 0 Å². The molecule has 3 N–H and O–H groups in total. The smallest absolute Gasteiger partial charge is 0.229 e. The molecule has 1 atom stereocenters. The number of halogens is 2. The van der Waals surface area contributed by atoms with Crippen LogP contribution in [0.4, 0.5) is 17.1 Å². The number of carbonyl (C=O) groups excluding carboxylic acids is 2. The molecule has 150 valence electrons. The third kappa shape index (κ3) is 4.43. The lowest BCUT2D eigenvalue weighted by molar-refractivity contribution is -0.122. The number of hydrogen-bond acceptors (Lipinski definition) is 5. The van der Waals surface area contributed by atoms with Crippen molar-refractivity contribution in [3.05, 3.63) is 41.4 Å². The highest BCUT2D eigenvalue weighted by Crippen LogP contribution is 2.35. The maximum atomic E-state index is 12.6. The molecule has 1 heterocycles. The van der Waals surface area contributed by atoms with Crippen LogP contribution in [0.25, 0.3) is 0 Å². The Hall–Kier alpha value is -2.64.